The largest absolute Gasteiger partial charge is 0.400 e. The van der Waals surface area contributed by atoms with Gasteiger partial charge in [0.1, 0.15) is 0 Å². The zero-order valence-corrected chi connectivity index (χ0v) is 6.35. The van der Waals surface area contributed by atoms with E-state index in [4.69, 9.17) is 5.73 Å². The average Bonchev–Trinajstić information content (AvgIpc) is 1.94. The molecule has 2 nitrogen and oxygen atoms in total. The molecule has 0 atom stereocenters. The number of nitrogens with one attached hydrogen (secondary N) is 1. The Hall–Kier alpha value is -0.920. The highest BCUT2D eigenvalue weighted by molar-refractivity contribution is 5.25. The van der Waals surface area contributed by atoms with E-state index in [1.807, 2.05) is 0 Å². The predicted molar refractivity (Wildman–Crippen MR) is 43.3 cm³/mol. The highest BCUT2D eigenvalue weighted by Gasteiger charge is 2.01. The molecule has 1 rings (SSSR count). The lowest BCUT2D eigenvalue weighted by molar-refractivity contribution is 0.812. The van der Waals surface area contributed by atoms with Crippen LogP contribution in [0.25, 0.3) is 0 Å². The van der Waals surface area contributed by atoms with Crippen LogP contribution in [0.5, 0.6) is 0 Å². The van der Waals surface area contributed by atoms with E-state index < -0.39 is 0 Å². The molecule has 3 N–H and O–H groups in total. The van der Waals surface area contributed by atoms with Gasteiger partial charge in [0.05, 0.1) is 5.70 Å². The fraction of sp³-hybridized carbons (Fsp3) is 0.500. The second-order valence-electron chi connectivity index (χ2n) is 2.41. The summed E-state index contributed by atoms with van der Waals surface area (Å²) in [4.78, 5) is 0. The van der Waals surface area contributed by atoms with Crippen molar-refractivity contribution in [1.29, 1.82) is 0 Å². The Balaban J connectivity index is 2.60. The summed E-state index contributed by atoms with van der Waals surface area (Å²) >= 11 is 0. The van der Waals surface area contributed by atoms with Gasteiger partial charge in [0, 0.05) is 12.2 Å². The van der Waals surface area contributed by atoms with Crippen molar-refractivity contribution in [1.82, 2.24) is 5.32 Å². The van der Waals surface area contributed by atoms with Gasteiger partial charge in [-0.1, -0.05) is 6.08 Å². The van der Waals surface area contributed by atoms with Crippen LogP contribution >= 0.6 is 0 Å². The van der Waals surface area contributed by atoms with Crippen LogP contribution in [0.2, 0.25) is 0 Å². The first-order chi connectivity index (χ1) is 4.84. The molecule has 0 saturated carbocycles. The first-order valence-corrected chi connectivity index (χ1v) is 3.73. The van der Waals surface area contributed by atoms with Gasteiger partial charge in [-0.15, -0.1) is 0 Å². The molecule has 0 amide bonds. The minimum atomic E-state index is 0.945. The van der Waals surface area contributed by atoms with Crippen LogP contribution in [0.3, 0.4) is 0 Å². The van der Waals surface area contributed by atoms with Crippen LogP contribution in [0, 0.1) is 0 Å². The maximum atomic E-state index is 5.73. The van der Waals surface area contributed by atoms with Gasteiger partial charge in [-0.2, -0.15) is 0 Å². The highest BCUT2D eigenvalue weighted by atomic mass is 14.9. The predicted octanol–water partition coefficient (Wildman–Crippen LogP) is 1.12. The van der Waals surface area contributed by atoms with Crippen molar-refractivity contribution in [2.45, 2.75) is 19.8 Å². The van der Waals surface area contributed by atoms with Crippen molar-refractivity contribution >= 4 is 0 Å². The van der Waals surface area contributed by atoms with Gasteiger partial charge in [0.15, 0.2) is 0 Å². The summed E-state index contributed by atoms with van der Waals surface area (Å²) in [5.41, 5.74) is 7.83. The first-order valence-electron chi connectivity index (χ1n) is 3.73. The molecule has 10 heavy (non-hydrogen) atoms. The van der Waals surface area contributed by atoms with Crippen molar-refractivity contribution < 1.29 is 0 Å². The molecule has 1 aliphatic rings. The smallest absolute Gasteiger partial charge is 0.0527 e. The van der Waals surface area contributed by atoms with Crippen LogP contribution in [0.15, 0.2) is 23.5 Å². The van der Waals surface area contributed by atoms with Gasteiger partial charge in [0.25, 0.3) is 0 Å². The van der Waals surface area contributed by atoms with E-state index in [0.717, 1.165) is 30.8 Å². The van der Waals surface area contributed by atoms with Crippen molar-refractivity contribution in [3.8, 4) is 0 Å². The van der Waals surface area contributed by atoms with E-state index in [2.05, 4.69) is 24.4 Å². The van der Waals surface area contributed by atoms with E-state index in [1.165, 1.54) is 0 Å². The second-order valence-corrected chi connectivity index (χ2v) is 2.41. The quantitative estimate of drug-likeness (QED) is 0.600. The lowest BCUT2D eigenvalue weighted by Gasteiger charge is -2.12. The number of allylic oxidation sites excluding steroid dienone is 3. The molecule has 0 unspecified atom stereocenters. The van der Waals surface area contributed by atoms with Crippen LogP contribution in [-0.4, -0.2) is 6.54 Å². The Labute approximate surface area is 61.8 Å². The molecule has 2 heteroatoms. The van der Waals surface area contributed by atoms with Gasteiger partial charge in [-0.3, -0.25) is 0 Å². The molecule has 0 aliphatic heterocycles. The average molecular weight is 138 g/mol. The SMILES string of the molecule is CCNC1=C(N)CCC=C1. The lowest BCUT2D eigenvalue weighted by atomic mass is 10.1. The van der Waals surface area contributed by atoms with Gasteiger partial charge in [-0.25, -0.2) is 0 Å². The van der Waals surface area contributed by atoms with Gasteiger partial charge in [0.2, 0.25) is 0 Å². The molecule has 0 saturated heterocycles. The first kappa shape index (κ1) is 7.19. The van der Waals surface area contributed by atoms with Crippen molar-refractivity contribution in [2.75, 3.05) is 6.54 Å². The van der Waals surface area contributed by atoms with E-state index >= 15 is 0 Å². The summed E-state index contributed by atoms with van der Waals surface area (Å²) in [6, 6.07) is 0. The zero-order chi connectivity index (χ0) is 7.40. The minimum Gasteiger partial charge on any atom is -0.400 e. The van der Waals surface area contributed by atoms with Crippen LogP contribution in [-0.2, 0) is 0 Å². The molecule has 0 spiro atoms. The van der Waals surface area contributed by atoms with Crippen molar-refractivity contribution in [3.05, 3.63) is 23.5 Å². The maximum absolute atomic E-state index is 5.73. The third kappa shape index (κ3) is 1.53. The normalized spacial score (nSPS) is 17.7. The van der Waals surface area contributed by atoms with Gasteiger partial charge in [-0.05, 0) is 25.8 Å². The Kier molecular flexibility index (Phi) is 2.37. The molecule has 0 aromatic carbocycles. The van der Waals surface area contributed by atoms with E-state index in [1.54, 1.807) is 0 Å². The van der Waals surface area contributed by atoms with E-state index in [-0.39, 0.29) is 0 Å². The molecule has 0 aromatic heterocycles. The summed E-state index contributed by atoms with van der Waals surface area (Å²) in [7, 11) is 0. The number of nitrogens with two attached hydrogens (primary N) is 1. The summed E-state index contributed by atoms with van der Waals surface area (Å²) in [5.74, 6) is 0. The molecular formula is C8H14N2. The van der Waals surface area contributed by atoms with Crippen molar-refractivity contribution in [2.24, 2.45) is 5.73 Å². The Bertz CT molecular complexity index is 168. The summed E-state index contributed by atoms with van der Waals surface area (Å²) < 4.78 is 0. The fourth-order valence-electron chi connectivity index (χ4n) is 1.04. The Morgan fingerprint density at radius 1 is 1.70 bits per heavy atom. The van der Waals surface area contributed by atoms with E-state index in [9.17, 15) is 0 Å². The molecule has 0 bridgehead atoms. The third-order valence-electron chi connectivity index (χ3n) is 1.58. The number of rotatable bonds is 2. The molecule has 0 aromatic rings. The molecule has 56 valence electrons. The molecule has 0 heterocycles. The minimum absolute atomic E-state index is 0.945. The summed E-state index contributed by atoms with van der Waals surface area (Å²) in [6.07, 6.45) is 6.29. The van der Waals surface area contributed by atoms with Gasteiger partial charge >= 0.3 is 0 Å². The molecule has 1 aliphatic carbocycles. The molecule has 0 radical (unpaired) electrons. The fourth-order valence-corrected chi connectivity index (χ4v) is 1.04. The Morgan fingerprint density at radius 2 is 2.50 bits per heavy atom. The maximum Gasteiger partial charge on any atom is 0.0527 e. The Morgan fingerprint density at radius 3 is 3.10 bits per heavy atom. The van der Waals surface area contributed by atoms with Crippen molar-refractivity contribution in [3.63, 3.8) is 0 Å². The standard InChI is InChI=1S/C8H14N2/c1-2-10-8-6-4-3-5-7(8)9/h4,6,10H,2-3,5,9H2,1H3. The van der Waals surface area contributed by atoms with Gasteiger partial charge < -0.3 is 11.1 Å². The van der Waals surface area contributed by atoms with Crippen LogP contribution < -0.4 is 11.1 Å². The van der Waals surface area contributed by atoms with Crippen LogP contribution in [0.4, 0.5) is 0 Å². The zero-order valence-electron chi connectivity index (χ0n) is 6.35. The number of hydrogen-bond donors (Lipinski definition) is 2. The molecular weight excluding hydrogens is 124 g/mol. The topological polar surface area (TPSA) is 38.0 Å². The monoisotopic (exact) mass is 138 g/mol. The summed E-state index contributed by atoms with van der Waals surface area (Å²) in [5, 5.41) is 3.20. The number of hydrogen-bond acceptors (Lipinski definition) is 2. The second kappa shape index (κ2) is 3.30. The summed E-state index contributed by atoms with van der Waals surface area (Å²) in [6.45, 7) is 3.02. The number of likely N-dealkylation sites (N-methyl/N-ethyl adjacent to an activating group) is 1. The van der Waals surface area contributed by atoms with E-state index in [0.29, 0.717) is 0 Å². The third-order valence-corrected chi connectivity index (χ3v) is 1.58. The van der Waals surface area contributed by atoms with Crippen LogP contribution in [0.1, 0.15) is 19.8 Å². The lowest BCUT2D eigenvalue weighted by Crippen LogP contribution is -2.18. The highest BCUT2D eigenvalue weighted by Crippen LogP contribution is 2.11. The molecule has 0 fully saturated rings.